The van der Waals surface area contributed by atoms with Crippen LogP contribution in [0.1, 0.15) is 0 Å². The number of fused-ring (bicyclic) bond motifs is 1. The number of hydrogen-bond acceptors (Lipinski definition) is 8. The predicted octanol–water partition coefficient (Wildman–Crippen LogP) is 3.87. The predicted molar refractivity (Wildman–Crippen MR) is 116 cm³/mol. The number of ether oxygens (including phenoxy) is 1. The van der Waals surface area contributed by atoms with Gasteiger partial charge >= 0.3 is 0 Å². The summed E-state index contributed by atoms with van der Waals surface area (Å²) in [4.78, 5) is 0.0807. The summed E-state index contributed by atoms with van der Waals surface area (Å²) in [5.41, 5.74) is 1.28. The Morgan fingerprint density at radius 2 is 1.68 bits per heavy atom. The van der Waals surface area contributed by atoms with Gasteiger partial charge in [-0.15, -0.1) is 10.2 Å². The maximum Gasteiger partial charge on any atom is 0.264 e. The minimum absolute atomic E-state index is 0.0807. The number of nitrogens with zero attached hydrogens (tertiary/aromatic N) is 5. The van der Waals surface area contributed by atoms with E-state index in [4.69, 9.17) is 4.74 Å². The summed E-state index contributed by atoms with van der Waals surface area (Å²) in [6.07, 6.45) is 3.74. The van der Waals surface area contributed by atoms with Gasteiger partial charge < -0.3 is 9.30 Å². The van der Waals surface area contributed by atoms with Crippen molar-refractivity contribution in [2.75, 3.05) is 4.72 Å². The molecule has 0 spiro atoms. The molecule has 1 N–H and O–H groups in total. The van der Waals surface area contributed by atoms with Crippen LogP contribution in [0.3, 0.4) is 0 Å². The van der Waals surface area contributed by atoms with Crippen molar-refractivity contribution in [2.45, 2.75) is 4.90 Å². The van der Waals surface area contributed by atoms with Crippen LogP contribution in [0.5, 0.6) is 11.6 Å². The van der Waals surface area contributed by atoms with Gasteiger partial charge in [-0.05, 0) is 54.6 Å². The van der Waals surface area contributed by atoms with Crippen molar-refractivity contribution in [1.29, 1.82) is 0 Å². The molecule has 5 rings (SSSR count). The Kier molecular flexibility index (Phi) is 4.81. The standard InChI is InChI=1S/C20H14N6O3S2/c27-31(28,17-5-3-4-16-20(17)24-30-23-16)25-14-6-8-15(9-7-14)29-19-11-10-18(21-22-19)26-12-1-2-13-26/h1-13,25H. The van der Waals surface area contributed by atoms with Crippen LogP contribution in [-0.4, -0.2) is 31.9 Å². The molecule has 3 heterocycles. The molecule has 0 atom stereocenters. The molecule has 154 valence electrons. The molecule has 0 saturated carbocycles. The van der Waals surface area contributed by atoms with E-state index in [1.54, 1.807) is 48.5 Å². The molecule has 9 nitrogen and oxygen atoms in total. The van der Waals surface area contributed by atoms with Crippen LogP contribution in [0, 0.1) is 0 Å². The molecule has 0 fully saturated rings. The number of aromatic nitrogens is 5. The summed E-state index contributed by atoms with van der Waals surface area (Å²) in [5, 5.41) is 8.18. The fraction of sp³-hybridized carbons (Fsp3) is 0. The van der Waals surface area contributed by atoms with E-state index in [1.807, 2.05) is 29.1 Å². The monoisotopic (exact) mass is 450 g/mol. The highest BCUT2D eigenvalue weighted by Crippen LogP contribution is 2.26. The summed E-state index contributed by atoms with van der Waals surface area (Å²) >= 11 is 0.971. The first-order valence-electron chi connectivity index (χ1n) is 9.08. The minimum atomic E-state index is -3.82. The van der Waals surface area contributed by atoms with Crippen molar-refractivity contribution in [1.82, 2.24) is 23.5 Å². The zero-order chi connectivity index (χ0) is 21.3. The van der Waals surface area contributed by atoms with Crippen LogP contribution in [-0.2, 0) is 10.0 Å². The van der Waals surface area contributed by atoms with Crippen molar-refractivity contribution in [3.63, 3.8) is 0 Å². The van der Waals surface area contributed by atoms with Crippen molar-refractivity contribution in [3.05, 3.63) is 79.1 Å². The van der Waals surface area contributed by atoms with E-state index in [9.17, 15) is 8.42 Å². The van der Waals surface area contributed by atoms with E-state index in [0.717, 1.165) is 11.7 Å². The molecule has 0 aliphatic rings. The Labute approximate surface area is 181 Å². The van der Waals surface area contributed by atoms with Crippen molar-refractivity contribution in [3.8, 4) is 17.4 Å². The number of hydrogen-bond donors (Lipinski definition) is 1. The van der Waals surface area contributed by atoms with E-state index in [1.165, 1.54) is 6.07 Å². The molecule has 11 heteroatoms. The minimum Gasteiger partial charge on any atom is -0.438 e. The van der Waals surface area contributed by atoms with E-state index in [2.05, 4.69) is 23.7 Å². The number of sulfonamides is 1. The molecular weight excluding hydrogens is 436 g/mol. The number of anilines is 1. The molecule has 0 amide bonds. The fourth-order valence-corrected chi connectivity index (χ4v) is 4.74. The quantitative estimate of drug-likeness (QED) is 0.418. The summed E-state index contributed by atoms with van der Waals surface area (Å²) in [7, 11) is -3.82. The molecule has 0 radical (unpaired) electrons. The molecule has 0 aliphatic carbocycles. The van der Waals surface area contributed by atoms with Gasteiger partial charge in [0.15, 0.2) is 5.82 Å². The van der Waals surface area contributed by atoms with Crippen LogP contribution in [0.15, 0.2) is 84.0 Å². The fourth-order valence-electron chi connectivity index (χ4n) is 2.91. The lowest BCUT2D eigenvalue weighted by molar-refractivity contribution is 0.454. The first-order chi connectivity index (χ1) is 15.1. The SMILES string of the molecule is O=S(=O)(Nc1ccc(Oc2ccc(-n3cccc3)nn2)cc1)c1cccc2nsnc12. The molecule has 31 heavy (non-hydrogen) atoms. The zero-order valence-corrected chi connectivity index (χ0v) is 17.4. The smallest absolute Gasteiger partial charge is 0.264 e. The first-order valence-corrected chi connectivity index (χ1v) is 11.3. The third-order valence-electron chi connectivity index (χ3n) is 4.36. The maximum absolute atomic E-state index is 12.8. The Morgan fingerprint density at radius 3 is 2.42 bits per heavy atom. The third kappa shape index (κ3) is 3.96. The Balaban J connectivity index is 1.30. The Bertz CT molecular complexity index is 1430. The number of rotatable bonds is 6. The van der Waals surface area contributed by atoms with Gasteiger partial charge in [0.2, 0.25) is 5.88 Å². The summed E-state index contributed by atoms with van der Waals surface area (Å²) < 4.78 is 43.8. The zero-order valence-electron chi connectivity index (χ0n) is 15.8. The molecular formula is C20H14N6O3S2. The van der Waals surface area contributed by atoms with E-state index >= 15 is 0 Å². The van der Waals surface area contributed by atoms with Gasteiger partial charge in [-0.2, -0.15) is 8.75 Å². The Hall–Kier alpha value is -3.83. The molecule has 5 aromatic rings. The van der Waals surface area contributed by atoms with Gasteiger partial charge in [-0.1, -0.05) is 6.07 Å². The second kappa shape index (κ2) is 7.78. The van der Waals surface area contributed by atoms with E-state index in [-0.39, 0.29) is 4.90 Å². The second-order valence-corrected chi connectivity index (χ2v) is 8.62. The van der Waals surface area contributed by atoms with Crippen molar-refractivity contribution >= 4 is 38.5 Å². The van der Waals surface area contributed by atoms with Gasteiger partial charge in [-0.3, -0.25) is 4.72 Å². The van der Waals surface area contributed by atoms with E-state index in [0.29, 0.717) is 34.2 Å². The second-order valence-electron chi connectivity index (χ2n) is 6.44. The van der Waals surface area contributed by atoms with Crippen LogP contribution >= 0.6 is 11.7 Å². The van der Waals surface area contributed by atoms with Gasteiger partial charge in [0, 0.05) is 24.1 Å². The Morgan fingerprint density at radius 1 is 0.871 bits per heavy atom. The maximum atomic E-state index is 12.8. The molecule has 3 aromatic heterocycles. The lowest BCUT2D eigenvalue weighted by Gasteiger charge is -2.10. The summed E-state index contributed by atoms with van der Waals surface area (Å²) in [6, 6.07) is 18.7. The van der Waals surface area contributed by atoms with Crippen LogP contribution < -0.4 is 9.46 Å². The highest BCUT2D eigenvalue weighted by Gasteiger charge is 2.19. The van der Waals surface area contributed by atoms with Crippen LogP contribution in [0.2, 0.25) is 0 Å². The molecule has 0 unspecified atom stereocenters. The average Bonchev–Trinajstić information content (AvgIpc) is 3.47. The molecule has 0 aliphatic heterocycles. The lowest BCUT2D eigenvalue weighted by atomic mass is 10.3. The lowest BCUT2D eigenvalue weighted by Crippen LogP contribution is -2.13. The highest BCUT2D eigenvalue weighted by atomic mass is 32.2. The van der Waals surface area contributed by atoms with E-state index < -0.39 is 10.0 Å². The molecule has 0 bridgehead atoms. The van der Waals surface area contributed by atoms with Gasteiger partial charge in [-0.25, -0.2) is 8.42 Å². The van der Waals surface area contributed by atoms with Gasteiger partial charge in [0.25, 0.3) is 10.0 Å². The molecule has 0 saturated heterocycles. The van der Waals surface area contributed by atoms with Crippen LogP contribution in [0.25, 0.3) is 16.9 Å². The topological polar surface area (TPSA) is 112 Å². The molecule has 2 aromatic carbocycles. The van der Waals surface area contributed by atoms with Crippen molar-refractivity contribution < 1.29 is 13.2 Å². The summed E-state index contributed by atoms with van der Waals surface area (Å²) in [5.74, 6) is 1.50. The summed E-state index contributed by atoms with van der Waals surface area (Å²) in [6.45, 7) is 0. The largest absolute Gasteiger partial charge is 0.438 e. The highest BCUT2D eigenvalue weighted by molar-refractivity contribution is 7.93. The normalized spacial score (nSPS) is 11.5. The van der Waals surface area contributed by atoms with Gasteiger partial charge in [0.1, 0.15) is 21.7 Å². The number of benzene rings is 2. The van der Waals surface area contributed by atoms with Crippen molar-refractivity contribution in [2.24, 2.45) is 0 Å². The van der Waals surface area contributed by atoms with Crippen LogP contribution in [0.4, 0.5) is 5.69 Å². The third-order valence-corrected chi connectivity index (χ3v) is 6.32. The average molecular weight is 451 g/mol. The number of nitrogens with one attached hydrogen (secondary N) is 1. The van der Waals surface area contributed by atoms with Gasteiger partial charge in [0.05, 0.1) is 11.7 Å². The first kappa shape index (κ1) is 19.2.